The van der Waals surface area contributed by atoms with Crippen LogP contribution in [0.25, 0.3) is 0 Å². The van der Waals surface area contributed by atoms with Gasteiger partial charge in [-0.3, -0.25) is 14.4 Å². The maximum Gasteiger partial charge on any atom is 0.268 e. The molecule has 0 bridgehead atoms. The molecule has 1 atom stereocenters. The summed E-state index contributed by atoms with van der Waals surface area (Å²) in [6.45, 7) is 4.22. The average Bonchev–Trinajstić information content (AvgIpc) is 2.53. The van der Waals surface area contributed by atoms with Crippen molar-refractivity contribution in [3.8, 4) is 0 Å². The molecule has 5 nitrogen and oxygen atoms in total. The van der Waals surface area contributed by atoms with E-state index in [9.17, 15) is 9.59 Å². The van der Waals surface area contributed by atoms with Crippen molar-refractivity contribution >= 4 is 11.8 Å². The van der Waals surface area contributed by atoms with E-state index in [1.54, 1.807) is 6.92 Å². The van der Waals surface area contributed by atoms with E-state index in [1.807, 2.05) is 0 Å². The van der Waals surface area contributed by atoms with Crippen molar-refractivity contribution in [3.63, 3.8) is 0 Å². The number of carbonyl (C=O) groups excluding carboxylic acids is 2. The lowest BCUT2D eigenvalue weighted by molar-refractivity contribution is -0.171. The highest BCUT2D eigenvalue weighted by atomic mass is 16.7. The lowest BCUT2D eigenvalue weighted by Gasteiger charge is -2.18. The Balaban J connectivity index is 2.41. The van der Waals surface area contributed by atoms with Crippen molar-refractivity contribution in [1.29, 1.82) is 0 Å². The van der Waals surface area contributed by atoms with Gasteiger partial charge in [-0.05, 0) is 13.3 Å². The van der Waals surface area contributed by atoms with E-state index < -0.39 is 6.04 Å². The van der Waals surface area contributed by atoms with E-state index >= 15 is 0 Å². The Kier molecular flexibility index (Phi) is 3.25. The van der Waals surface area contributed by atoms with Crippen molar-refractivity contribution in [3.05, 3.63) is 0 Å². The van der Waals surface area contributed by atoms with E-state index in [2.05, 4.69) is 5.32 Å². The average molecular weight is 186 g/mol. The second-order valence-corrected chi connectivity index (χ2v) is 3.05. The third-order valence-corrected chi connectivity index (χ3v) is 1.79. The van der Waals surface area contributed by atoms with Crippen molar-refractivity contribution in [2.75, 3.05) is 13.2 Å². The summed E-state index contributed by atoms with van der Waals surface area (Å²) in [5, 5.41) is 3.82. The van der Waals surface area contributed by atoms with Gasteiger partial charge in [0, 0.05) is 6.92 Å². The molecule has 0 spiro atoms. The molecule has 0 radical (unpaired) electrons. The molecule has 0 aromatic carbocycles. The Labute approximate surface area is 77.0 Å². The van der Waals surface area contributed by atoms with Crippen LogP contribution < -0.4 is 5.32 Å². The van der Waals surface area contributed by atoms with Gasteiger partial charge < -0.3 is 5.32 Å². The topological polar surface area (TPSA) is 58.6 Å². The molecule has 1 unspecified atom stereocenters. The number of amides is 2. The molecule has 74 valence electrons. The monoisotopic (exact) mass is 186 g/mol. The summed E-state index contributed by atoms with van der Waals surface area (Å²) in [5.41, 5.74) is 0. The minimum absolute atomic E-state index is 0.187. The largest absolute Gasteiger partial charge is 0.345 e. The third kappa shape index (κ3) is 2.69. The fourth-order valence-electron chi connectivity index (χ4n) is 1.20. The van der Waals surface area contributed by atoms with Gasteiger partial charge in [0.2, 0.25) is 5.91 Å². The van der Waals surface area contributed by atoms with Crippen LogP contribution in [0.2, 0.25) is 0 Å². The summed E-state index contributed by atoms with van der Waals surface area (Å²) in [4.78, 5) is 27.2. The van der Waals surface area contributed by atoms with Crippen molar-refractivity contribution in [1.82, 2.24) is 10.4 Å². The van der Waals surface area contributed by atoms with E-state index in [0.717, 1.165) is 6.42 Å². The Morgan fingerprint density at radius 3 is 2.69 bits per heavy atom. The van der Waals surface area contributed by atoms with Gasteiger partial charge >= 0.3 is 0 Å². The molecule has 0 saturated carbocycles. The minimum Gasteiger partial charge on any atom is -0.345 e. The van der Waals surface area contributed by atoms with Crippen molar-refractivity contribution in [2.45, 2.75) is 26.3 Å². The highest BCUT2D eigenvalue weighted by Crippen LogP contribution is 2.06. The van der Waals surface area contributed by atoms with Crippen molar-refractivity contribution < 1.29 is 14.4 Å². The molecule has 0 aromatic rings. The molecule has 2 amide bonds. The van der Waals surface area contributed by atoms with Gasteiger partial charge in [0.25, 0.3) is 5.91 Å². The number of nitrogens with one attached hydrogen (secondary N) is 1. The summed E-state index contributed by atoms with van der Waals surface area (Å²) in [6, 6.07) is -0.504. The van der Waals surface area contributed by atoms with E-state index in [1.165, 1.54) is 12.0 Å². The molecule has 1 N–H and O–H groups in total. The zero-order chi connectivity index (χ0) is 9.84. The summed E-state index contributed by atoms with van der Waals surface area (Å²) >= 11 is 0. The number of rotatable bonds is 2. The molecule has 0 aromatic heterocycles. The van der Waals surface area contributed by atoms with E-state index in [0.29, 0.717) is 13.2 Å². The summed E-state index contributed by atoms with van der Waals surface area (Å²) in [7, 11) is 0. The Morgan fingerprint density at radius 1 is 1.54 bits per heavy atom. The van der Waals surface area contributed by atoms with Crippen LogP contribution in [-0.4, -0.2) is 36.1 Å². The van der Waals surface area contributed by atoms with Crippen LogP contribution in [0.5, 0.6) is 0 Å². The zero-order valence-electron chi connectivity index (χ0n) is 7.87. The Morgan fingerprint density at radius 2 is 2.23 bits per heavy atom. The number of hydrogen-bond acceptors (Lipinski definition) is 3. The van der Waals surface area contributed by atoms with Gasteiger partial charge in [-0.25, -0.2) is 5.06 Å². The molecule has 5 heteroatoms. The second-order valence-electron chi connectivity index (χ2n) is 3.05. The van der Waals surface area contributed by atoms with Crippen LogP contribution in [0.15, 0.2) is 0 Å². The van der Waals surface area contributed by atoms with Crippen LogP contribution in [0.4, 0.5) is 0 Å². The number of carbonyl (C=O) groups is 2. The molecule has 1 saturated heterocycles. The maximum atomic E-state index is 11.5. The predicted octanol–water partition coefficient (Wildman–Crippen LogP) is -0.325. The SMILES string of the molecule is CC(=O)NC(C)C(=O)N1CCCO1. The fourth-order valence-corrected chi connectivity index (χ4v) is 1.20. The Hall–Kier alpha value is -1.10. The first-order valence-corrected chi connectivity index (χ1v) is 4.32. The van der Waals surface area contributed by atoms with Gasteiger partial charge in [0.1, 0.15) is 6.04 Å². The lowest BCUT2D eigenvalue weighted by atomic mass is 10.3. The van der Waals surface area contributed by atoms with Gasteiger partial charge in [0.15, 0.2) is 0 Å². The van der Waals surface area contributed by atoms with Crippen LogP contribution in [-0.2, 0) is 14.4 Å². The number of hydrogen-bond donors (Lipinski definition) is 1. The first-order chi connectivity index (χ1) is 6.11. The molecule has 0 aliphatic carbocycles. The summed E-state index contributed by atoms with van der Waals surface area (Å²) < 4.78 is 0. The quantitative estimate of drug-likeness (QED) is 0.642. The molecule has 1 aliphatic heterocycles. The molecule has 1 rings (SSSR count). The van der Waals surface area contributed by atoms with E-state index in [-0.39, 0.29) is 11.8 Å². The molecule has 13 heavy (non-hydrogen) atoms. The van der Waals surface area contributed by atoms with Gasteiger partial charge in [0.05, 0.1) is 13.2 Å². The summed E-state index contributed by atoms with van der Waals surface area (Å²) in [6.07, 6.45) is 0.860. The standard InChI is InChI=1S/C8H14N2O3/c1-6(9-7(2)11)8(12)10-4-3-5-13-10/h6H,3-5H2,1-2H3,(H,9,11). The lowest BCUT2D eigenvalue weighted by Crippen LogP contribution is -2.44. The molecule has 1 fully saturated rings. The van der Waals surface area contributed by atoms with Crippen LogP contribution in [0.1, 0.15) is 20.3 Å². The highest BCUT2D eigenvalue weighted by Gasteiger charge is 2.24. The van der Waals surface area contributed by atoms with Gasteiger partial charge in [-0.2, -0.15) is 0 Å². The smallest absolute Gasteiger partial charge is 0.268 e. The second kappa shape index (κ2) is 4.23. The van der Waals surface area contributed by atoms with Crippen LogP contribution in [0.3, 0.4) is 0 Å². The van der Waals surface area contributed by atoms with Crippen LogP contribution >= 0.6 is 0 Å². The maximum absolute atomic E-state index is 11.5. The molecular weight excluding hydrogens is 172 g/mol. The molecular formula is C8H14N2O3. The number of hydroxylamine groups is 2. The number of nitrogens with zero attached hydrogens (tertiary/aromatic N) is 1. The van der Waals surface area contributed by atoms with Crippen molar-refractivity contribution in [2.24, 2.45) is 0 Å². The zero-order valence-corrected chi connectivity index (χ0v) is 7.87. The molecule has 1 heterocycles. The normalized spacial score (nSPS) is 18.5. The third-order valence-electron chi connectivity index (χ3n) is 1.79. The highest BCUT2D eigenvalue weighted by molar-refractivity contribution is 5.85. The summed E-state index contributed by atoms with van der Waals surface area (Å²) in [5.74, 6) is -0.396. The predicted molar refractivity (Wildman–Crippen MR) is 45.6 cm³/mol. The van der Waals surface area contributed by atoms with Crippen LogP contribution in [0, 0.1) is 0 Å². The van der Waals surface area contributed by atoms with Gasteiger partial charge in [-0.15, -0.1) is 0 Å². The first-order valence-electron chi connectivity index (χ1n) is 4.32. The minimum atomic E-state index is -0.504. The fraction of sp³-hybridized carbons (Fsp3) is 0.750. The first kappa shape index (κ1) is 9.98. The van der Waals surface area contributed by atoms with E-state index in [4.69, 9.17) is 4.84 Å². The van der Waals surface area contributed by atoms with Gasteiger partial charge in [-0.1, -0.05) is 0 Å². The molecule has 1 aliphatic rings. The Bertz CT molecular complexity index is 211.